The van der Waals surface area contributed by atoms with Crippen LogP contribution in [0.25, 0.3) is 11.3 Å². The SMILES string of the molecule is Fc1ccc(-c2cc(NC3CCCCC3)ncc2Cl)nc1NCC1CCOCC1. The van der Waals surface area contributed by atoms with Crippen molar-refractivity contribution < 1.29 is 9.13 Å². The van der Waals surface area contributed by atoms with E-state index < -0.39 is 0 Å². The molecule has 0 radical (unpaired) electrons. The highest BCUT2D eigenvalue weighted by Crippen LogP contribution is 2.31. The van der Waals surface area contributed by atoms with Gasteiger partial charge < -0.3 is 15.4 Å². The Kier molecular flexibility index (Phi) is 6.82. The van der Waals surface area contributed by atoms with Crippen LogP contribution in [-0.2, 0) is 4.74 Å². The monoisotopic (exact) mass is 418 g/mol. The normalized spacial score (nSPS) is 18.6. The summed E-state index contributed by atoms with van der Waals surface area (Å²) in [5.74, 6) is 1.18. The zero-order chi connectivity index (χ0) is 20.1. The van der Waals surface area contributed by atoms with Gasteiger partial charge in [0.2, 0.25) is 0 Å². The van der Waals surface area contributed by atoms with Gasteiger partial charge in [-0.15, -0.1) is 0 Å². The summed E-state index contributed by atoms with van der Waals surface area (Å²) in [7, 11) is 0. The Labute approximate surface area is 176 Å². The van der Waals surface area contributed by atoms with Gasteiger partial charge in [0.1, 0.15) is 5.82 Å². The Morgan fingerprint density at radius 3 is 2.69 bits per heavy atom. The topological polar surface area (TPSA) is 59.1 Å². The largest absolute Gasteiger partial charge is 0.381 e. The lowest BCUT2D eigenvalue weighted by molar-refractivity contribution is 0.0699. The molecule has 2 aromatic heterocycles. The van der Waals surface area contributed by atoms with E-state index in [9.17, 15) is 4.39 Å². The number of ether oxygens (including phenoxy) is 1. The van der Waals surface area contributed by atoms with Crippen molar-refractivity contribution in [3.05, 3.63) is 35.2 Å². The van der Waals surface area contributed by atoms with Crippen molar-refractivity contribution in [2.75, 3.05) is 30.4 Å². The molecule has 156 valence electrons. The van der Waals surface area contributed by atoms with Crippen molar-refractivity contribution in [1.82, 2.24) is 9.97 Å². The number of aromatic nitrogens is 2. The molecule has 2 fully saturated rings. The summed E-state index contributed by atoms with van der Waals surface area (Å²) in [5.41, 5.74) is 1.40. The highest BCUT2D eigenvalue weighted by molar-refractivity contribution is 6.33. The van der Waals surface area contributed by atoms with Crippen LogP contribution >= 0.6 is 11.6 Å². The molecule has 1 saturated heterocycles. The third-order valence-corrected chi connectivity index (χ3v) is 6.13. The van der Waals surface area contributed by atoms with Crippen LogP contribution < -0.4 is 10.6 Å². The number of nitrogens with one attached hydrogen (secondary N) is 2. The van der Waals surface area contributed by atoms with Crippen LogP contribution in [0.2, 0.25) is 5.02 Å². The zero-order valence-corrected chi connectivity index (χ0v) is 17.3. The van der Waals surface area contributed by atoms with E-state index in [1.165, 1.54) is 25.3 Å². The Hall–Kier alpha value is -1.92. The first kappa shape index (κ1) is 20.4. The maximum atomic E-state index is 14.3. The van der Waals surface area contributed by atoms with Gasteiger partial charge in [-0.2, -0.15) is 0 Å². The van der Waals surface area contributed by atoms with E-state index in [0.29, 0.717) is 29.2 Å². The van der Waals surface area contributed by atoms with E-state index >= 15 is 0 Å². The molecular formula is C22H28ClFN4O. The lowest BCUT2D eigenvalue weighted by Gasteiger charge is -2.23. The number of pyridine rings is 2. The van der Waals surface area contributed by atoms with Gasteiger partial charge >= 0.3 is 0 Å². The first-order valence-corrected chi connectivity index (χ1v) is 11.0. The van der Waals surface area contributed by atoms with Crippen molar-refractivity contribution in [1.29, 1.82) is 0 Å². The first-order valence-electron chi connectivity index (χ1n) is 10.6. The smallest absolute Gasteiger partial charge is 0.165 e. The van der Waals surface area contributed by atoms with Gasteiger partial charge in [-0.05, 0) is 49.8 Å². The Morgan fingerprint density at radius 1 is 1.10 bits per heavy atom. The van der Waals surface area contributed by atoms with Crippen molar-refractivity contribution in [2.24, 2.45) is 5.92 Å². The predicted molar refractivity (Wildman–Crippen MR) is 115 cm³/mol. The Balaban J connectivity index is 1.50. The summed E-state index contributed by atoms with van der Waals surface area (Å²) in [5, 5.41) is 7.20. The average molecular weight is 419 g/mol. The van der Waals surface area contributed by atoms with Crippen LogP contribution in [0.3, 0.4) is 0 Å². The number of hydrogen-bond donors (Lipinski definition) is 2. The minimum Gasteiger partial charge on any atom is -0.381 e. The molecule has 0 amide bonds. The molecule has 1 saturated carbocycles. The molecule has 3 heterocycles. The van der Waals surface area contributed by atoms with Crippen molar-refractivity contribution >= 4 is 23.2 Å². The van der Waals surface area contributed by atoms with Crippen LogP contribution in [0.15, 0.2) is 24.4 Å². The molecule has 0 bridgehead atoms. The first-order chi connectivity index (χ1) is 14.2. The molecule has 29 heavy (non-hydrogen) atoms. The van der Waals surface area contributed by atoms with Gasteiger partial charge in [-0.3, -0.25) is 0 Å². The van der Waals surface area contributed by atoms with Crippen LogP contribution in [0, 0.1) is 11.7 Å². The standard InChI is InChI=1S/C22H28ClFN4O/c23-18-14-25-21(27-16-4-2-1-3-5-16)12-17(18)20-7-6-19(24)22(28-20)26-13-15-8-10-29-11-9-15/h6-7,12,14-16H,1-5,8-11,13H2,(H,25,27)(H,26,28). The van der Waals surface area contributed by atoms with Gasteiger partial charge in [0.05, 0.1) is 10.7 Å². The number of hydrogen-bond acceptors (Lipinski definition) is 5. The van der Waals surface area contributed by atoms with Gasteiger partial charge in [0.15, 0.2) is 11.6 Å². The van der Waals surface area contributed by atoms with E-state index in [0.717, 1.165) is 50.3 Å². The molecule has 2 N–H and O–H groups in total. The molecule has 0 atom stereocenters. The fourth-order valence-corrected chi connectivity index (χ4v) is 4.28. The molecule has 2 aliphatic rings. The third-order valence-electron chi connectivity index (χ3n) is 5.83. The summed E-state index contributed by atoms with van der Waals surface area (Å²) < 4.78 is 19.7. The van der Waals surface area contributed by atoms with Gasteiger partial charge in [-0.1, -0.05) is 30.9 Å². The number of anilines is 2. The zero-order valence-electron chi connectivity index (χ0n) is 16.6. The highest BCUT2D eigenvalue weighted by atomic mass is 35.5. The predicted octanol–water partition coefficient (Wildman–Crippen LogP) is 5.52. The maximum Gasteiger partial charge on any atom is 0.165 e. The summed E-state index contributed by atoms with van der Waals surface area (Å²) in [6.45, 7) is 2.23. The summed E-state index contributed by atoms with van der Waals surface area (Å²) in [4.78, 5) is 8.94. The molecule has 5 nitrogen and oxygen atoms in total. The van der Waals surface area contributed by atoms with E-state index in [1.807, 2.05) is 6.07 Å². The second-order valence-electron chi connectivity index (χ2n) is 7.99. The summed E-state index contributed by atoms with van der Waals surface area (Å²) >= 11 is 6.41. The van der Waals surface area contributed by atoms with Crippen molar-refractivity contribution in [2.45, 2.75) is 51.0 Å². The molecule has 0 spiro atoms. The average Bonchev–Trinajstić information content (AvgIpc) is 2.76. The molecule has 1 aliphatic heterocycles. The Bertz CT molecular complexity index is 822. The van der Waals surface area contributed by atoms with E-state index in [1.54, 1.807) is 12.3 Å². The van der Waals surface area contributed by atoms with Crippen LogP contribution in [0.4, 0.5) is 16.0 Å². The molecule has 7 heteroatoms. The van der Waals surface area contributed by atoms with E-state index in [4.69, 9.17) is 16.3 Å². The summed E-state index contributed by atoms with van der Waals surface area (Å²) in [6, 6.07) is 5.47. The maximum absolute atomic E-state index is 14.3. The number of rotatable bonds is 6. The number of nitrogens with zero attached hydrogens (tertiary/aromatic N) is 2. The van der Waals surface area contributed by atoms with Crippen molar-refractivity contribution in [3.8, 4) is 11.3 Å². The minimum atomic E-state index is -0.355. The second-order valence-corrected chi connectivity index (χ2v) is 8.40. The lowest BCUT2D eigenvalue weighted by atomic mass is 9.95. The fourth-order valence-electron chi connectivity index (χ4n) is 4.08. The molecule has 1 aliphatic carbocycles. The minimum absolute atomic E-state index is 0.267. The third kappa shape index (κ3) is 5.37. The lowest BCUT2D eigenvalue weighted by Crippen LogP contribution is -2.23. The van der Waals surface area contributed by atoms with Gasteiger partial charge in [0, 0.05) is 37.6 Å². The Morgan fingerprint density at radius 2 is 1.90 bits per heavy atom. The van der Waals surface area contributed by atoms with Crippen LogP contribution in [0.5, 0.6) is 0 Å². The fraction of sp³-hybridized carbons (Fsp3) is 0.545. The second kappa shape index (κ2) is 9.72. The molecule has 0 aromatic carbocycles. The quantitative estimate of drug-likeness (QED) is 0.646. The van der Waals surface area contributed by atoms with Gasteiger partial charge in [0.25, 0.3) is 0 Å². The number of halogens is 2. The van der Waals surface area contributed by atoms with E-state index in [-0.39, 0.29) is 11.6 Å². The van der Waals surface area contributed by atoms with Crippen LogP contribution in [-0.4, -0.2) is 35.8 Å². The van der Waals surface area contributed by atoms with Crippen molar-refractivity contribution in [3.63, 3.8) is 0 Å². The van der Waals surface area contributed by atoms with Crippen LogP contribution in [0.1, 0.15) is 44.9 Å². The highest BCUT2D eigenvalue weighted by Gasteiger charge is 2.17. The van der Waals surface area contributed by atoms with Gasteiger partial charge in [-0.25, -0.2) is 14.4 Å². The molecular weight excluding hydrogens is 391 g/mol. The molecule has 4 rings (SSSR count). The van der Waals surface area contributed by atoms with E-state index in [2.05, 4.69) is 20.6 Å². The molecule has 2 aromatic rings. The molecule has 0 unspecified atom stereocenters. The summed E-state index contributed by atoms with van der Waals surface area (Å²) in [6.07, 6.45) is 9.74.